The summed E-state index contributed by atoms with van der Waals surface area (Å²) in [7, 11) is 5.14. The van der Waals surface area contributed by atoms with E-state index in [2.05, 4.69) is 10.4 Å². The predicted octanol–water partition coefficient (Wildman–Crippen LogP) is 3.58. The Morgan fingerprint density at radius 3 is 2.50 bits per heavy atom. The number of rotatable bonds is 8. The molecule has 0 aliphatic rings. The summed E-state index contributed by atoms with van der Waals surface area (Å²) >= 11 is 0. The van der Waals surface area contributed by atoms with Crippen LogP contribution in [0.25, 0.3) is 5.69 Å². The van der Waals surface area contributed by atoms with E-state index in [1.54, 1.807) is 14.2 Å². The molecular formula is C23H28N4O3. The lowest BCUT2D eigenvalue weighted by molar-refractivity contribution is -0.117. The minimum absolute atomic E-state index is 0.0937. The van der Waals surface area contributed by atoms with E-state index < -0.39 is 0 Å². The molecule has 0 atom stereocenters. The second-order valence-corrected chi connectivity index (χ2v) is 7.19. The normalized spacial score (nSPS) is 10.9. The smallest absolute Gasteiger partial charge is 0.238 e. The van der Waals surface area contributed by atoms with Gasteiger partial charge >= 0.3 is 0 Å². The Balaban J connectivity index is 1.67. The fourth-order valence-corrected chi connectivity index (χ4v) is 3.40. The van der Waals surface area contributed by atoms with E-state index in [-0.39, 0.29) is 12.5 Å². The fourth-order valence-electron chi connectivity index (χ4n) is 3.40. The van der Waals surface area contributed by atoms with E-state index in [1.807, 2.05) is 79.0 Å². The van der Waals surface area contributed by atoms with Gasteiger partial charge in [-0.1, -0.05) is 24.3 Å². The Hall–Kier alpha value is -3.32. The molecule has 0 saturated heterocycles. The molecule has 0 spiro atoms. The summed E-state index contributed by atoms with van der Waals surface area (Å²) in [6.07, 6.45) is 0. The number of aryl methyl sites for hydroxylation is 1. The number of methoxy groups -OCH3 is 2. The van der Waals surface area contributed by atoms with Gasteiger partial charge in [-0.2, -0.15) is 5.10 Å². The van der Waals surface area contributed by atoms with E-state index in [0.717, 1.165) is 39.8 Å². The number of nitrogens with zero attached hydrogens (tertiary/aromatic N) is 3. The van der Waals surface area contributed by atoms with Crippen molar-refractivity contribution < 1.29 is 14.3 Å². The molecule has 0 aliphatic heterocycles. The van der Waals surface area contributed by atoms with Gasteiger partial charge in [-0.3, -0.25) is 9.69 Å². The molecule has 1 aromatic heterocycles. The van der Waals surface area contributed by atoms with Gasteiger partial charge in [0.2, 0.25) is 5.91 Å². The Morgan fingerprint density at radius 1 is 1.10 bits per heavy atom. The second-order valence-electron chi connectivity index (χ2n) is 7.19. The number of likely N-dealkylation sites (N-methyl/N-ethyl adjacent to an activating group) is 1. The predicted molar refractivity (Wildman–Crippen MR) is 118 cm³/mol. The number of carbonyl (C=O) groups is 1. The average molecular weight is 409 g/mol. The van der Waals surface area contributed by atoms with Gasteiger partial charge in [0.25, 0.3) is 0 Å². The largest absolute Gasteiger partial charge is 0.497 e. The molecule has 0 aliphatic carbocycles. The quantitative estimate of drug-likeness (QED) is 0.617. The zero-order chi connectivity index (χ0) is 21.7. The maximum Gasteiger partial charge on any atom is 0.238 e. The maximum absolute atomic E-state index is 12.7. The van der Waals surface area contributed by atoms with Crippen LogP contribution in [0.15, 0.2) is 48.5 Å². The first-order chi connectivity index (χ1) is 14.4. The van der Waals surface area contributed by atoms with Gasteiger partial charge < -0.3 is 14.8 Å². The Kier molecular flexibility index (Phi) is 6.74. The molecule has 1 amide bonds. The maximum atomic E-state index is 12.7. The van der Waals surface area contributed by atoms with Gasteiger partial charge in [-0.25, -0.2) is 4.68 Å². The molecule has 0 bridgehead atoms. The van der Waals surface area contributed by atoms with Crippen LogP contribution in [-0.4, -0.2) is 48.4 Å². The van der Waals surface area contributed by atoms with Crippen molar-refractivity contribution in [1.29, 1.82) is 0 Å². The average Bonchev–Trinajstić information content (AvgIpc) is 3.02. The van der Waals surface area contributed by atoms with Crippen LogP contribution in [0.1, 0.15) is 17.0 Å². The number of aromatic nitrogens is 2. The second kappa shape index (κ2) is 9.45. The molecule has 1 N–H and O–H groups in total. The molecule has 0 fully saturated rings. The highest BCUT2D eigenvalue weighted by atomic mass is 16.5. The van der Waals surface area contributed by atoms with Crippen LogP contribution in [0.3, 0.4) is 0 Å². The third kappa shape index (κ3) is 4.80. The van der Waals surface area contributed by atoms with E-state index >= 15 is 0 Å². The molecule has 7 nitrogen and oxygen atoms in total. The number of hydrogen-bond acceptors (Lipinski definition) is 5. The first-order valence-corrected chi connectivity index (χ1v) is 9.74. The Morgan fingerprint density at radius 2 is 1.83 bits per heavy atom. The number of carbonyl (C=O) groups excluding carboxylic acids is 1. The summed E-state index contributed by atoms with van der Waals surface area (Å²) in [6, 6.07) is 15.5. The van der Waals surface area contributed by atoms with Gasteiger partial charge in [0.05, 0.1) is 43.5 Å². The van der Waals surface area contributed by atoms with E-state index in [9.17, 15) is 4.79 Å². The van der Waals surface area contributed by atoms with Crippen molar-refractivity contribution >= 4 is 11.6 Å². The third-order valence-electron chi connectivity index (χ3n) is 4.90. The summed E-state index contributed by atoms with van der Waals surface area (Å²) in [5, 5.41) is 7.60. The Labute approximate surface area is 177 Å². The van der Waals surface area contributed by atoms with Crippen LogP contribution < -0.4 is 14.8 Å². The number of para-hydroxylation sites is 1. The van der Waals surface area contributed by atoms with Crippen LogP contribution in [0, 0.1) is 13.8 Å². The van der Waals surface area contributed by atoms with E-state index in [1.165, 1.54) is 0 Å². The van der Waals surface area contributed by atoms with Gasteiger partial charge in [-0.15, -0.1) is 0 Å². The highest BCUT2D eigenvalue weighted by molar-refractivity contribution is 5.93. The standard InChI is InChI=1S/C23H28N4O3/c1-16-23(17(2)27(25-16)19-9-7-6-8-10-19)24-22(28)15-26(3)14-18-11-12-20(29-4)13-21(18)30-5/h6-13H,14-15H2,1-5H3,(H,24,28). The number of hydrogen-bond donors (Lipinski definition) is 1. The molecule has 0 saturated carbocycles. The summed E-state index contributed by atoms with van der Waals surface area (Å²) in [4.78, 5) is 14.6. The third-order valence-corrected chi connectivity index (χ3v) is 4.90. The number of anilines is 1. The molecule has 2 aromatic carbocycles. The lowest BCUT2D eigenvalue weighted by atomic mass is 10.2. The van der Waals surface area contributed by atoms with Gasteiger partial charge in [0, 0.05) is 18.2 Å². The number of amides is 1. The molecule has 0 unspecified atom stereocenters. The molecule has 3 rings (SSSR count). The zero-order valence-corrected chi connectivity index (χ0v) is 18.1. The van der Waals surface area contributed by atoms with Crippen molar-refractivity contribution in [3.63, 3.8) is 0 Å². The van der Waals surface area contributed by atoms with Crippen molar-refractivity contribution in [2.75, 3.05) is 33.1 Å². The van der Waals surface area contributed by atoms with Crippen molar-refractivity contribution in [3.8, 4) is 17.2 Å². The molecule has 30 heavy (non-hydrogen) atoms. The molecule has 3 aromatic rings. The molecule has 158 valence electrons. The SMILES string of the molecule is COc1ccc(CN(C)CC(=O)Nc2c(C)nn(-c3ccccc3)c2C)c(OC)c1. The minimum atomic E-state index is -0.0937. The summed E-state index contributed by atoms with van der Waals surface area (Å²) in [5.74, 6) is 1.37. The van der Waals surface area contributed by atoms with Crippen molar-refractivity contribution in [2.24, 2.45) is 0 Å². The first-order valence-electron chi connectivity index (χ1n) is 9.74. The van der Waals surface area contributed by atoms with Crippen LogP contribution >= 0.6 is 0 Å². The van der Waals surface area contributed by atoms with Crippen LogP contribution in [0.2, 0.25) is 0 Å². The summed E-state index contributed by atoms with van der Waals surface area (Å²) in [6.45, 7) is 4.66. The summed E-state index contributed by atoms with van der Waals surface area (Å²) in [5.41, 5.74) is 4.37. The molecular weight excluding hydrogens is 380 g/mol. The topological polar surface area (TPSA) is 68.6 Å². The first kappa shape index (κ1) is 21.4. The highest BCUT2D eigenvalue weighted by Gasteiger charge is 2.17. The lowest BCUT2D eigenvalue weighted by Gasteiger charge is -2.18. The number of ether oxygens (including phenoxy) is 2. The van der Waals surface area contributed by atoms with Crippen molar-refractivity contribution in [1.82, 2.24) is 14.7 Å². The van der Waals surface area contributed by atoms with Gasteiger partial charge in [-0.05, 0) is 39.1 Å². The minimum Gasteiger partial charge on any atom is -0.497 e. The van der Waals surface area contributed by atoms with Crippen LogP contribution in [0.4, 0.5) is 5.69 Å². The number of benzene rings is 2. The van der Waals surface area contributed by atoms with Crippen LogP contribution in [0.5, 0.6) is 11.5 Å². The van der Waals surface area contributed by atoms with E-state index in [0.29, 0.717) is 6.54 Å². The zero-order valence-electron chi connectivity index (χ0n) is 18.1. The monoisotopic (exact) mass is 408 g/mol. The van der Waals surface area contributed by atoms with Crippen molar-refractivity contribution in [2.45, 2.75) is 20.4 Å². The number of nitrogens with one attached hydrogen (secondary N) is 1. The lowest BCUT2D eigenvalue weighted by Crippen LogP contribution is -2.30. The highest BCUT2D eigenvalue weighted by Crippen LogP contribution is 2.26. The van der Waals surface area contributed by atoms with E-state index in [4.69, 9.17) is 9.47 Å². The molecule has 0 radical (unpaired) electrons. The van der Waals surface area contributed by atoms with Crippen LogP contribution in [-0.2, 0) is 11.3 Å². The Bertz CT molecular complexity index is 1010. The summed E-state index contributed by atoms with van der Waals surface area (Å²) < 4.78 is 12.5. The molecule has 7 heteroatoms. The molecule has 1 heterocycles. The fraction of sp³-hybridized carbons (Fsp3) is 0.304. The van der Waals surface area contributed by atoms with Crippen molar-refractivity contribution in [3.05, 3.63) is 65.5 Å². The van der Waals surface area contributed by atoms with Gasteiger partial charge in [0.15, 0.2) is 0 Å². The van der Waals surface area contributed by atoms with Gasteiger partial charge in [0.1, 0.15) is 11.5 Å².